The number of carbonyl (C=O) groups excluding carboxylic acids is 1. The molecular formula is C17H28ClN3O3S. The van der Waals surface area contributed by atoms with Crippen molar-refractivity contribution in [3.8, 4) is 0 Å². The summed E-state index contributed by atoms with van der Waals surface area (Å²) in [5, 5.41) is 5.59. The van der Waals surface area contributed by atoms with E-state index < -0.39 is 15.1 Å². The molecule has 0 saturated carbocycles. The predicted molar refractivity (Wildman–Crippen MR) is 102 cm³/mol. The van der Waals surface area contributed by atoms with E-state index in [0.29, 0.717) is 6.54 Å². The van der Waals surface area contributed by atoms with Crippen LogP contribution in [0.2, 0.25) is 0 Å². The minimum Gasteiger partial charge on any atom is -0.352 e. The van der Waals surface area contributed by atoms with Crippen molar-refractivity contribution in [3.63, 3.8) is 0 Å². The number of carbonyl (C=O) groups is 1. The van der Waals surface area contributed by atoms with Crippen molar-refractivity contribution in [1.82, 2.24) is 15.5 Å². The number of hydrogen-bond donors (Lipinski definition) is 2. The molecule has 6 nitrogen and oxygen atoms in total. The second-order valence-electron chi connectivity index (χ2n) is 6.29. The summed E-state index contributed by atoms with van der Waals surface area (Å²) in [7, 11) is -3.48. The Labute approximate surface area is 156 Å². The van der Waals surface area contributed by atoms with Crippen LogP contribution in [-0.4, -0.2) is 63.7 Å². The van der Waals surface area contributed by atoms with Crippen molar-refractivity contribution in [2.75, 3.05) is 39.3 Å². The quantitative estimate of drug-likeness (QED) is 0.687. The van der Waals surface area contributed by atoms with Gasteiger partial charge in [-0.25, -0.2) is 8.42 Å². The molecule has 1 aliphatic heterocycles. The van der Waals surface area contributed by atoms with Crippen LogP contribution in [0.5, 0.6) is 0 Å². The smallest absolute Gasteiger partial charge is 0.252 e. The first-order chi connectivity index (χ1) is 11.4. The second kappa shape index (κ2) is 10.1. The number of hydrogen-bond acceptors (Lipinski definition) is 5. The summed E-state index contributed by atoms with van der Waals surface area (Å²) in [6, 6.07) is 6.41. The van der Waals surface area contributed by atoms with Crippen LogP contribution in [0.25, 0.3) is 0 Å². The maximum absolute atomic E-state index is 12.4. The van der Waals surface area contributed by atoms with E-state index in [-0.39, 0.29) is 28.8 Å². The van der Waals surface area contributed by atoms with Crippen LogP contribution in [0.4, 0.5) is 0 Å². The van der Waals surface area contributed by atoms with Gasteiger partial charge in [0, 0.05) is 32.7 Å². The molecule has 0 spiro atoms. The molecule has 1 amide bonds. The highest BCUT2D eigenvalue weighted by Gasteiger charge is 2.25. The molecule has 0 aromatic heterocycles. The molecule has 2 rings (SSSR count). The Hall–Kier alpha value is -1.15. The number of rotatable bonds is 7. The minimum atomic E-state index is -3.48. The molecule has 1 aliphatic rings. The van der Waals surface area contributed by atoms with Gasteiger partial charge < -0.3 is 15.5 Å². The lowest BCUT2D eigenvalue weighted by atomic mass is 10.2. The summed E-state index contributed by atoms with van der Waals surface area (Å²) in [6.07, 6.45) is 0.852. The number of nitrogens with one attached hydrogen (secondary N) is 2. The van der Waals surface area contributed by atoms with E-state index >= 15 is 0 Å². The SMILES string of the molecule is CC(C)S(=O)(=O)c1ccccc1C(=O)NCCCN1CCNCC1.Cl. The molecule has 1 aromatic carbocycles. The molecule has 142 valence electrons. The molecule has 0 bridgehead atoms. The average Bonchev–Trinajstić information content (AvgIpc) is 2.59. The zero-order valence-corrected chi connectivity index (χ0v) is 16.5. The highest BCUT2D eigenvalue weighted by molar-refractivity contribution is 7.92. The summed E-state index contributed by atoms with van der Waals surface area (Å²) in [6.45, 7) is 8.80. The Balaban J connectivity index is 0.00000312. The van der Waals surface area contributed by atoms with Crippen molar-refractivity contribution in [2.45, 2.75) is 30.4 Å². The molecule has 1 aromatic rings. The lowest BCUT2D eigenvalue weighted by Crippen LogP contribution is -2.44. The Morgan fingerprint density at radius 3 is 2.52 bits per heavy atom. The van der Waals surface area contributed by atoms with E-state index in [0.717, 1.165) is 39.1 Å². The van der Waals surface area contributed by atoms with Gasteiger partial charge in [0.15, 0.2) is 9.84 Å². The summed E-state index contributed by atoms with van der Waals surface area (Å²) in [4.78, 5) is 14.9. The third-order valence-corrected chi connectivity index (χ3v) is 6.42. The monoisotopic (exact) mass is 389 g/mol. The highest BCUT2D eigenvalue weighted by atomic mass is 35.5. The standard InChI is InChI=1S/C17H27N3O3S.ClH/c1-14(2)24(22,23)16-7-4-3-6-15(16)17(21)19-8-5-11-20-12-9-18-10-13-20;/h3-4,6-7,14,18H,5,8-13H2,1-2H3,(H,19,21);1H. The molecular weight excluding hydrogens is 362 g/mol. The van der Waals surface area contributed by atoms with Gasteiger partial charge in [0.2, 0.25) is 0 Å². The van der Waals surface area contributed by atoms with Gasteiger partial charge >= 0.3 is 0 Å². The van der Waals surface area contributed by atoms with Crippen LogP contribution in [0.15, 0.2) is 29.2 Å². The van der Waals surface area contributed by atoms with E-state index in [2.05, 4.69) is 15.5 Å². The van der Waals surface area contributed by atoms with Crippen molar-refractivity contribution in [2.24, 2.45) is 0 Å². The average molecular weight is 390 g/mol. The lowest BCUT2D eigenvalue weighted by molar-refractivity contribution is 0.0948. The van der Waals surface area contributed by atoms with Gasteiger partial charge in [-0.3, -0.25) is 4.79 Å². The molecule has 0 aliphatic carbocycles. The number of piperazine rings is 1. The Kier molecular flexibility index (Phi) is 8.85. The number of benzene rings is 1. The summed E-state index contributed by atoms with van der Waals surface area (Å²) >= 11 is 0. The molecule has 1 saturated heterocycles. The van der Waals surface area contributed by atoms with E-state index in [1.54, 1.807) is 32.0 Å². The van der Waals surface area contributed by atoms with Gasteiger partial charge in [0.05, 0.1) is 15.7 Å². The van der Waals surface area contributed by atoms with Crippen LogP contribution in [-0.2, 0) is 9.84 Å². The molecule has 8 heteroatoms. The molecule has 0 unspecified atom stereocenters. The van der Waals surface area contributed by atoms with Gasteiger partial charge in [-0.2, -0.15) is 0 Å². The minimum absolute atomic E-state index is 0. The Morgan fingerprint density at radius 2 is 1.88 bits per heavy atom. The molecule has 25 heavy (non-hydrogen) atoms. The highest BCUT2D eigenvalue weighted by Crippen LogP contribution is 2.20. The predicted octanol–water partition coefficient (Wildman–Crippen LogP) is 1.32. The maximum atomic E-state index is 12.4. The maximum Gasteiger partial charge on any atom is 0.252 e. The number of amides is 1. The van der Waals surface area contributed by atoms with Gasteiger partial charge in [-0.1, -0.05) is 12.1 Å². The van der Waals surface area contributed by atoms with Crippen LogP contribution in [0, 0.1) is 0 Å². The van der Waals surface area contributed by atoms with Crippen LogP contribution < -0.4 is 10.6 Å². The van der Waals surface area contributed by atoms with E-state index in [1.807, 2.05) is 0 Å². The van der Waals surface area contributed by atoms with Crippen LogP contribution in [0.3, 0.4) is 0 Å². The van der Waals surface area contributed by atoms with Crippen molar-refractivity contribution in [3.05, 3.63) is 29.8 Å². The van der Waals surface area contributed by atoms with Crippen LogP contribution in [0.1, 0.15) is 30.6 Å². The van der Waals surface area contributed by atoms with Gasteiger partial charge in [0.1, 0.15) is 0 Å². The summed E-state index contributed by atoms with van der Waals surface area (Å²) < 4.78 is 24.8. The topological polar surface area (TPSA) is 78.5 Å². The summed E-state index contributed by atoms with van der Waals surface area (Å²) in [5.74, 6) is -0.324. The zero-order valence-electron chi connectivity index (χ0n) is 14.8. The van der Waals surface area contributed by atoms with Gasteiger partial charge in [-0.15, -0.1) is 12.4 Å². The molecule has 1 fully saturated rings. The van der Waals surface area contributed by atoms with Gasteiger partial charge in [-0.05, 0) is 38.9 Å². The number of halogens is 1. The van der Waals surface area contributed by atoms with E-state index in [9.17, 15) is 13.2 Å². The normalized spacial score (nSPS) is 15.6. The zero-order chi connectivity index (χ0) is 17.6. The fraction of sp³-hybridized carbons (Fsp3) is 0.588. The lowest BCUT2D eigenvalue weighted by Gasteiger charge is -2.27. The first-order valence-electron chi connectivity index (χ1n) is 8.47. The van der Waals surface area contributed by atoms with E-state index in [1.165, 1.54) is 6.07 Å². The first kappa shape index (κ1) is 21.9. The Morgan fingerprint density at radius 1 is 1.24 bits per heavy atom. The fourth-order valence-corrected chi connectivity index (χ4v) is 3.93. The number of nitrogens with zero attached hydrogens (tertiary/aromatic N) is 1. The largest absolute Gasteiger partial charge is 0.352 e. The second-order valence-corrected chi connectivity index (χ2v) is 8.76. The van der Waals surface area contributed by atoms with Crippen molar-refractivity contribution >= 4 is 28.2 Å². The van der Waals surface area contributed by atoms with Gasteiger partial charge in [0.25, 0.3) is 5.91 Å². The molecule has 2 N–H and O–H groups in total. The number of sulfone groups is 1. The fourth-order valence-electron chi connectivity index (χ4n) is 2.69. The third-order valence-electron chi connectivity index (χ3n) is 4.21. The summed E-state index contributed by atoms with van der Waals surface area (Å²) in [5.41, 5.74) is 0.230. The molecule has 0 radical (unpaired) electrons. The van der Waals surface area contributed by atoms with Crippen molar-refractivity contribution < 1.29 is 13.2 Å². The third kappa shape index (κ3) is 5.95. The molecule has 1 heterocycles. The Bertz CT molecular complexity index is 659. The van der Waals surface area contributed by atoms with Crippen LogP contribution >= 0.6 is 12.4 Å². The van der Waals surface area contributed by atoms with Crippen molar-refractivity contribution in [1.29, 1.82) is 0 Å². The first-order valence-corrected chi connectivity index (χ1v) is 10.0. The van der Waals surface area contributed by atoms with E-state index in [4.69, 9.17) is 0 Å². The molecule has 0 atom stereocenters.